The highest BCUT2D eigenvalue weighted by Gasteiger charge is 2.33. The Kier molecular flexibility index (Phi) is 3.73. The average molecular weight is 271 g/mol. The predicted molar refractivity (Wildman–Crippen MR) is 68.2 cm³/mol. The van der Waals surface area contributed by atoms with Crippen molar-refractivity contribution in [1.82, 2.24) is 4.31 Å². The lowest BCUT2D eigenvalue weighted by molar-refractivity contribution is 0.341. The van der Waals surface area contributed by atoms with Crippen molar-refractivity contribution in [3.05, 3.63) is 30.1 Å². The van der Waals surface area contributed by atoms with Crippen molar-refractivity contribution < 1.29 is 12.8 Å². The number of sulfonamides is 1. The minimum Gasteiger partial charge on any atom is -0.207 e. The van der Waals surface area contributed by atoms with Gasteiger partial charge in [-0.15, -0.1) is 0 Å². The Bertz CT molecular complexity index is 506. The molecule has 0 aromatic heterocycles. The van der Waals surface area contributed by atoms with E-state index in [4.69, 9.17) is 0 Å². The van der Waals surface area contributed by atoms with Crippen LogP contribution in [-0.4, -0.2) is 25.3 Å². The fourth-order valence-corrected chi connectivity index (χ4v) is 3.60. The molecule has 0 saturated heterocycles. The van der Waals surface area contributed by atoms with Crippen LogP contribution in [0, 0.1) is 11.7 Å². The van der Waals surface area contributed by atoms with Crippen LogP contribution in [0.4, 0.5) is 4.39 Å². The summed E-state index contributed by atoms with van der Waals surface area (Å²) < 4.78 is 39.3. The van der Waals surface area contributed by atoms with Crippen LogP contribution in [0.5, 0.6) is 0 Å². The van der Waals surface area contributed by atoms with E-state index in [1.165, 1.54) is 28.6 Å². The Hall–Kier alpha value is -0.940. The van der Waals surface area contributed by atoms with Crippen LogP contribution in [0.1, 0.15) is 26.7 Å². The third kappa shape index (κ3) is 2.90. The molecule has 0 N–H and O–H groups in total. The molecule has 0 heterocycles. The van der Waals surface area contributed by atoms with Gasteiger partial charge in [0.15, 0.2) is 0 Å². The molecule has 0 bridgehead atoms. The number of nitrogens with zero attached hydrogens (tertiary/aromatic N) is 1. The van der Waals surface area contributed by atoms with Crippen molar-refractivity contribution in [2.75, 3.05) is 6.54 Å². The van der Waals surface area contributed by atoms with E-state index in [1.54, 1.807) is 0 Å². The first kappa shape index (κ1) is 13.5. The molecule has 0 amide bonds. The van der Waals surface area contributed by atoms with E-state index in [0.717, 1.165) is 12.8 Å². The smallest absolute Gasteiger partial charge is 0.207 e. The maximum Gasteiger partial charge on any atom is 0.243 e. The Morgan fingerprint density at radius 2 is 1.83 bits per heavy atom. The molecule has 1 saturated carbocycles. The SMILES string of the molecule is CC(C)N(CC1CC1)S(=O)(=O)c1ccc(F)cc1. The van der Waals surface area contributed by atoms with Gasteiger partial charge >= 0.3 is 0 Å². The molecule has 100 valence electrons. The van der Waals surface area contributed by atoms with E-state index in [9.17, 15) is 12.8 Å². The molecule has 5 heteroatoms. The summed E-state index contributed by atoms with van der Waals surface area (Å²) in [5.74, 6) is 0.0647. The zero-order chi connectivity index (χ0) is 13.3. The molecule has 0 atom stereocenters. The van der Waals surface area contributed by atoms with E-state index in [-0.39, 0.29) is 10.9 Å². The van der Waals surface area contributed by atoms with Crippen molar-refractivity contribution in [2.24, 2.45) is 5.92 Å². The second-order valence-electron chi connectivity index (χ2n) is 5.07. The summed E-state index contributed by atoms with van der Waals surface area (Å²) in [5, 5.41) is 0. The molecule has 0 aliphatic heterocycles. The van der Waals surface area contributed by atoms with E-state index < -0.39 is 15.8 Å². The summed E-state index contributed by atoms with van der Waals surface area (Å²) in [4.78, 5) is 0.165. The quantitative estimate of drug-likeness (QED) is 0.825. The minimum atomic E-state index is -3.51. The van der Waals surface area contributed by atoms with Gasteiger partial charge in [0.2, 0.25) is 10.0 Å². The Morgan fingerprint density at radius 3 is 2.28 bits per heavy atom. The molecular formula is C13H18FNO2S. The monoisotopic (exact) mass is 271 g/mol. The molecule has 3 nitrogen and oxygen atoms in total. The van der Waals surface area contributed by atoms with Crippen LogP contribution < -0.4 is 0 Å². The third-order valence-corrected chi connectivity index (χ3v) is 5.19. The molecule has 1 aliphatic carbocycles. The number of halogens is 1. The standard InChI is InChI=1S/C13H18FNO2S/c1-10(2)15(9-11-3-4-11)18(16,17)13-7-5-12(14)6-8-13/h5-8,10-11H,3-4,9H2,1-2H3. The van der Waals surface area contributed by atoms with Gasteiger partial charge < -0.3 is 0 Å². The molecule has 0 unspecified atom stereocenters. The third-order valence-electron chi connectivity index (χ3n) is 3.13. The maximum absolute atomic E-state index is 12.8. The Morgan fingerprint density at radius 1 is 1.28 bits per heavy atom. The summed E-state index contributed by atoms with van der Waals surface area (Å²) in [6, 6.07) is 4.94. The van der Waals surface area contributed by atoms with Gasteiger partial charge in [-0.3, -0.25) is 0 Å². The summed E-state index contributed by atoms with van der Waals surface area (Å²) in [6.45, 7) is 4.30. The normalized spacial score (nSPS) is 16.5. The molecule has 1 aliphatic rings. The Balaban J connectivity index is 2.28. The molecule has 0 radical (unpaired) electrons. The predicted octanol–water partition coefficient (Wildman–Crippen LogP) is 2.63. The van der Waals surface area contributed by atoms with Gasteiger partial charge in [0.1, 0.15) is 5.82 Å². The lowest BCUT2D eigenvalue weighted by Gasteiger charge is -2.25. The van der Waals surface area contributed by atoms with Crippen molar-refractivity contribution >= 4 is 10.0 Å². The van der Waals surface area contributed by atoms with Crippen LogP contribution >= 0.6 is 0 Å². The van der Waals surface area contributed by atoms with Gasteiger partial charge in [0.25, 0.3) is 0 Å². The minimum absolute atomic E-state index is 0.0827. The highest BCUT2D eigenvalue weighted by Crippen LogP contribution is 2.32. The summed E-state index contributed by atoms with van der Waals surface area (Å²) >= 11 is 0. The molecule has 0 spiro atoms. The average Bonchev–Trinajstić information content (AvgIpc) is 3.09. The van der Waals surface area contributed by atoms with E-state index in [2.05, 4.69) is 0 Å². The molecule has 2 rings (SSSR count). The van der Waals surface area contributed by atoms with Gasteiger partial charge in [-0.2, -0.15) is 4.31 Å². The van der Waals surface area contributed by atoms with Gasteiger partial charge in [-0.1, -0.05) is 0 Å². The largest absolute Gasteiger partial charge is 0.243 e. The fourth-order valence-electron chi connectivity index (χ4n) is 1.88. The van der Waals surface area contributed by atoms with E-state index in [1.807, 2.05) is 13.8 Å². The zero-order valence-corrected chi connectivity index (χ0v) is 11.5. The Labute approximate surface area is 108 Å². The number of rotatable bonds is 5. The van der Waals surface area contributed by atoms with Crippen LogP contribution in [0.2, 0.25) is 0 Å². The molecule has 18 heavy (non-hydrogen) atoms. The fraction of sp³-hybridized carbons (Fsp3) is 0.538. The lowest BCUT2D eigenvalue weighted by atomic mass is 10.3. The molecule has 1 aromatic rings. The van der Waals surface area contributed by atoms with Crippen molar-refractivity contribution in [3.63, 3.8) is 0 Å². The lowest BCUT2D eigenvalue weighted by Crippen LogP contribution is -2.38. The first-order valence-corrected chi connectivity index (χ1v) is 7.62. The number of benzene rings is 1. The first-order valence-electron chi connectivity index (χ1n) is 6.18. The maximum atomic E-state index is 12.8. The zero-order valence-electron chi connectivity index (χ0n) is 10.6. The van der Waals surface area contributed by atoms with Crippen LogP contribution in [-0.2, 0) is 10.0 Å². The highest BCUT2D eigenvalue weighted by molar-refractivity contribution is 7.89. The molecule has 1 aromatic carbocycles. The van der Waals surface area contributed by atoms with Gasteiger partial charge in [0.05, 0.1) is 4.90 Å². The summed E-state index contributed by atoms with van der Waals surface area (Å²) in [6.07, 6.45) is 2.20. The molecular weight excluding hydrogens is 253 g/mol. The van der Waals surface area contributed by atoms with Crippen LogP contribution in [0.3, 0.4) is 0 Å². The van der Waals surface area contributed by atoms with Gasteiger partial charge in [0, 0.05) is 12.6 Å². The summed E-state index contributed by atoms with van der Waals surface area (Å²) in [5.41, 5.74) is 0. The second kappa shape index (κ2) is 4.97. The van der Waals surface area contributed by atoms with Crippen molar-refractivity contribution in [2.45, 2.75) is 37.6 Å². The van der Waals surface area contributed by atoms with Crippen molar-refractivity contribution in [3.8, 4) is 0 Å². The van der Waals surface area contributed by atoms with E-state index >= 15 is 0 Å². The van der Waals surface area contributed by atoms with Gasteiger partial charge in [-0.05, 0) is 56.9 Å². The molecule has 1 fully saturated rings. The van der Waals surface area contributed by atoms with Crippen LogP contribution in [0.15, 0.2) is 29.2 Å². The number of hydrogen-bond acceptors (Lipinski definition) is 2. The van der Waals surface area contributed by atoms with Gasteiger partial charge in [-0.25, -0.2) is 12.8 Å². The van der Waals surface area contributed by atoms with E-state index in [0.29, 0.717) is 12.5 Å². The topological polar surface area (TPSA) is 37.4 Å². The highest BCUT2D eigenvalue weighted by atomic mass is 32.2. The van der Waals surface area contributed by atoms with Crippen molar-refractivity contribution in [1.29, 1.82) is 0 Å². The van der Waals surface area contributed by atoms with Crippen LogP contribution in [0.25, 0.3) is 0 Å². The number of hydrogen-bond donors (Lipinski definition) is 0. The first-order chi connectivity index (χ1) is 8.41. The second-order valence-corrected chi connectivity index (χ2v) is 6.96. The summed E-state index contributed by atoms with van der Waals surface area (Å²) in [7, 11) is -3.51.